The van der Waals surface area contributed by atoms with Crippen molar-refractivity contribution in [1.82, 2.24) is 4.90 Å². The third kappa shape index (κ3) is 3.86. The minimum absolute atomic E-state index is 0.265. The highest BCUT2D eigenvalue weighted by atomic mass is 19.4. The monoisotopic (exact) mass is 273 g/mol. The first-order chi connectivity index (χ1) is 8.97. The maximum Gasteiger partial charge on any atom is 0.416 e. The normalized spacial score (nSPS) is 18.3. The first-order valence-corrected chi connectivity index (χ1v) is 6.58. The number of phenolic OH excluding ortho intramolecular Hbond substituents is 1. The van der Waals surface area contributed by atoms with E-state index in [4.69, 9.17) is 0 Å². The molecule has 1 N–H and O–H groups in total. The topological polar surface area (TPSA) is 23.5 Å². The number of halogens is 3. The van der Waals surface area contributed by atoms with Crippen molar-refractivity contribution in [2.75, 3.05) is 13.1 Å². The van der Waals surface area contributed by atoms with Crippen LogP contribution in [-0.2, 0) is 12.7 Å². The first kappa shape index (κ1) is 14.2. The molecular weight excluding hydrogens is 255 g/mol. The van der Waals surface area contributed by atoms with E-state index in [2.05, 4.69) is 4.90 Å². The average molecular weight is 273 g/mol. The van der Waals surface area contributed by atoms with Gasteiger partial charge in [0.1, 0.15) is 5.75 Å². The van der Waals surface area contributed by atoms with Crippen molar-refractivity contribution < 1.29 is 18.3 Å². The van der Waals surface area contributed by atoms with Gasteiger partial charge >= 0.3 is 6.18 Å². The van der Waals surface area contributed by atoms with E-state index in [-0.39, 0.29) is 5.75 Å². The predicted octanol–water partition coefficient (Wildman–Crippen LogP) is 3.79. The second kappa shape index (κ2) is 5.82. The van der Waals surface area contributed by atoms with E-state index >= 15 is 0 Å². The van der Waals surface area contributed by atoms with Gasteiger partial charge in [0.2, 0.25) is 0 Å². The van der Waals surface area contributed by atoms with Gasteiger partial charge < -0.3 is 5.11 Å². The molecule has 0 spiro atoms. The lowest BCUT2D eigenvalue weighted by atomic mass is 10.1. The van der Waals surface area contributed by atoms with E-state index in [1.165, 1.54) is 18.9 Å². The minimum Gasteiger partial charge on any atom is -0.508 e. The summed E-state index contributed by atoms with van der Waals surface area (Å²) in [5, 5.41) is 9.73. The van der Waals surface area contributed by atoms with E-state index in [0.29, 0.717) is 12.1 Å². The molecule has 1 aliphatic heterocycles. The highest BCUT2D eigenvalue weighted by Gasteiger charge is 2.31. The van der Waals surface area contributed by atoms with Gasteiger partial charge in [-0.25, -0.2) is 0 Å². The van der Waals surface area contributed by atoms with E-state index in [0.717, 1.165) is 38.1 Å². The fourth-order valence-corrected chi connectivity index (χ4v) is 2.41. The lowest BCUT2D eigenvalue weighted by Crippen LogP contribution is -2.24. The zero-order valence-corrected chi connectivity index (χ0v) is 10.7. The quantitative estimate of drug-likeness (QED) is 0.886. The Morgan fingerprint density at radius 3 is 2.21 bits per heavy atom. The van der Waals surface area contributed by atoms with Crippen LogP contribution in [0.15, 0.2) is 18.2 Å². The van der Waals surface area contributed by atoms with Crippen molar-refractivity contribution in [3.05, 3.63) is 29.3 Å². The summed E-state index contributed by atoms with van der Waals surface area (Å²) in [4.78, 5) is 2.19. The van der Waals surface area contributed by atoms with Crippen LogP contribution in [-0.4, -0.2) is 23.1 Å². The van der Waals surface area contributed by atoms with Crippen LogP contribution in [0.3, 0.4) is 0 Å². The Morgan fingerprint density at radius 2 is 1.68 bits per heavy atom. The molecule has 0 saturated carbocycles. The molecule has 1 aromatic rings. The molecular formula is C14H18F3NO. The van der Waals surface area contributed by atoms with E-state index < -0.39 is 11.7 Å². The Bertz CT molecular complexity index is 423. The van der Waals surface area contributed by atoms with Crippen molar-refractivity contribution in [3.8, 4) is 5.75 Å². The molecule has 0 amide bonds. The Morgan fingerprint density at radius 1 is 1.05 bits per heavy atom. The van der Waals surface area contributed by atoms with Gasteiger partial charge in [0, 0.05) is 12.1 Å². The van der Waals surface area contributed by atoms with Crippen LogP contribution >= 0.6 is 0 Å². The Balaban J connectivity index is 2.08. The first-order valence-electron chi connectivity index (χ1n) is 6.58. The number of hydrogen-bond donors (Lipinski definition) is 1. The highest BCUT2D eigenvalue weighted by Crippen LogP contribution is 2.33. The third-order valence-corrected chi connectivity index (χ3v) is 3.51. The number of aromatic hydroxyl groups is 1. The molecule has 106 valence electrons. The second-order valence-electron chi connectivity index (χ2n) is 5.03. The van der Waals surface area contributed by atoms with Crippen LogP contribution in [0.2, 0.25) is 0 Å². The van der Waals surface area contributed by atoms with Crippen LogP contribution in [0.25, 0.3) is 0 Å². The number of rotatable bonds is 2. The van der Waals surface area contributed by atoms with E-state index in [1.807, 2.05) is 0 Å². The number of phenols is 1. The van der Waals surface area contributed by atoms with E-state index in [9.17, 15) is 18.3 Å². The van der Waals surface area contributed by atoms with Gasteiger partial charge in [-0.3, -0.25) is 4.90 Å². The fraction of sp³-hybridized carbons (Fsp3) is 0.571. The molecule has 2 rings (SSSR count). The fourth-order valence-electron chi connectivity index (χ4n) is 2.41. The van der Waals surface area contributed by atoms with Gasteiger partial charge in [-0.1, -0.05) is 18.9 Å². The number of nitrogens with zero attached hydrogens (tertiary/aromatic N) is 1. The van der Waals surface area contributed by atoms with Gasteiger partial charge in [-0.2, -0.15) is 13.2 Å². The maximum atomic E-state index is 12.5. The van der Waals surface area contributed by atoms with Crippen LogP contribution in [0.1, 0.15) is 36.8 Å². The van der Waals surface area contributed by atoms with Crippen LogP contribution < -0.4 is 0 Å². The number of alkyl halides is 3. The van der Waals surface area contributed by atoms with Gasteiger partial charge in [0.15, 0.2) is 0 Å². The summed E-state index contributed by atoms with van der Waals surface area (Å²) < 4.78 is 37.5. The number of hydrogen-bond acceptors (Lipinski definition) is 2. The van der Waals surface area contributed by atoms with Gasteiger partial charge in [-0.05, 0) is 38.1 Å². The molecule has 0 aromatic heterocycles. The van der Waals surface area contributed by atoms with Crippen molar-refractivity contribution in [2.24, 2.45) is 0 Å². The maximum absolute atomic E-state index is 12.5. The minimum atomic E-state index is -4.40. The summed E-state index contributed by atoms with van der Waals surface area (Å²) in [7, 11) is 0. The molecule has 1 fully saturated rings. The van der Waals surface area contributed by atoms with Crippen LogP contribution in [0.4, 0.5) is 13.2 Å². The van der Waals surface area contributed by atoms with Crippen LogP contribution in [0, 0.1) is 0 Å². The Kier molecular flexibility index (Phi) is 4.34. The van der Waals surface area contributed by atoms with Gasteiger partial charge in [-0.15, -0.1) is 0 Å². The molecule has 5 heteroatoms. The zero-order valence-electron chi connectivity index (χ0n) is 10.7. The summed E-state index contributed by atoms with van der Waals surface area (Å²) in [6.07, 6.45) is 0.229. The molecule has 0 unspecified atom stereocenters. The molecule has 1 saturated heterocycles. The van der Waals surface area contributed by atoms with Crippen LogP contribution in [0.5, 0.6) is 5.75 Å². The van der Waals surface area contributed by atoms with Gasteiger partial charge in [0.25, 0.3) is 0 Å². The summed E-state index contributed by atoms with van der Waals surface area (Å²) in [5.41, 5.74) is -0.237. The second-order valence-corrected chi connectivity index (χ2v) is 5.03. The smallest absolute Gasteiger partial charge is 0.416 e. The standard InChI is InChI=1S/C14H18F3NO/c15-14(16,17)12-6-5-11(13(19)9-12)10-18-7-3-1-2-4-8-18/h5-6,9,19H,1-4,7-8,10H2. The van der Waals surface area contributed by atoms with E-state index in [1.54, 1.807) is 0 Å². The zero-order chi connectivity index (χ0) is 13.9. The molecule has 0 bridgehead atoms. The molecule has 0 atom stereocenters. The Labute approximate surface area is 110 Å². The van der Waals surface area contributed by atoms with Crippen molar-refractivity contribution >= 4 is 0 Å². The average Bonchev–Trinajstić information content (AvgIpc) is 2.59. The molecule has 1 heterocycles. The Hall–Kier alpha value is -1.23. The molecule has 19 heavy (non-hydrogen) atoms. The van der Waals surface area contributed by atoms with Gasteiger partial charge in [0.05, 0.1) is 5.56 Å². The molecule has 0 radical (unpaired) electrons. The number of likely N-dealkylation sites (tertiary alicyclic amines) is 1. The summed E-state index contributed by atoms with van der Waals surface area (Å²) in [6.45, 7) is 2.41. The molecule has 1 aliphatic rings. The predicted molar refractivity (Wildman–Crippen MR) is 66.9 cm³/mol. The molecule has 0 aliphatic carbocycles. The van der Waals surface area contributed by atoms with Crippen molar-refractivity contribution in [3.63, 3.8) is 0 Å². The molecule has 2 nitrogen and oxygen atoms in total. The van der Waals surface area contributed by atoms with Crippen molar-refractivity contribution in [2.45, 2.75) is 38.4 Å². The van der Waals surface area contributed by atoms with Crippen molar-refractivity contribution in [1.29, 1.82) is 0 Å². The third-order valence-electron chi connectivity index (χ3n) is 3.51. The molecule has 1 aromatic carbocycles. The summed E-state index contributed by atoms with van der Waals surface area (Å²) in [5.74, 6) is -0.265. The largest absolute Gasteiger partial charge is 0.508 e. The SMILES string of the molecule is Oc1cc(C(F)(F)F)ccc1CN1CCCCCC1. The number of benzene rings is 1. The summed E-state index contributed by atoms with van der Waals surface area (Å²) >= 11 is 0. The lowest BCUT2D eigenvalue weighted by molar-refractivity contribution is -0.137. The summed E-state index contributed by atoms with van der Waals surface area (Å²) in [6, 6.07) is 3.23. The lowest BCUT2D eigenvalue weighted by Gasteiger charge is -2.20. The highest BCUT2D eigenvalue weighted by molar-refractivity contribution is 5.37.